The van der Waals surface area contributed by atoms with Crippen LogP contribution in [0.5, 0.6) is 0 Å². The maximum Gasteiger partial charge on any atom is 0.351 e. The number of hydrogen-bond acceptors (Lipinski definition) is 0. The topological polar surface area (TPSA) is 9.49 Å². The van der Waals surface area contributed by atoms with E-state index in [-0.39, 0.29) is 12.4 Å². The molecule has 1 aliphatic heterocycles. The first kappa shape index (κ1) is 19.3. The highest BCUT2D eigenvalue weighted by atomic mass is 35.5. The molecule has 3 nitrogen and oxygen atoms in total. The van der Waals surface area contributed by atoms with E-state index in [2.05, 4.69) is 103 Å². The molecule has 2 aromatic rings. The lowest BCUT2D eigenvalue weighted by molar-refractivity contribution is -0.529. The Hall–Kier alpha value is -2.00. The summed E-state index contributed by atoms with van der Waals surface area (Å²) in [7, 11) is 4.45. The first-order valence-electron chi connectivity index (χ1n) is 8.86. The van der Waals surface area contributed by atoms with E-state index in [0.29, 0.717) is 12.1 Å². The highest BCUT2D eigenvalue weighted by molar-refractivity contribution is 5.79. The van der Waals surface area contributed by atoms with E-state index in [1.54, 1.807) is 0 Å². The van der Waals surface area contributed by atoms with Crippen LogP contribution in [0.3, 0.4) is 0 Å². The van der Waals surface area contributed by atoms with Crippen molar-refractivity contribution in [1.82, 2.24) is 9.80 Å². The molecular formula is C21H28ClN3. The zero-order valence-electron chi connectivity index (χ0n) is 15.6. The van der Waals surface area contributed by atoms with Crippen LogP contribution in [0.4, 0.5) is 0 Å². The van der Waals surface area contributed by atoms with Crippen LogP contribution in [0.25, 0.3) is 0 Å². The van der Waals surface area contributed by atoms with Gasteiger partial charge < -0.3 is 12.4 Å². The van der Waals surface area contributed by atoms with E-state index in [1.165, 1.54) is 17.1 Å². The summed E-state index contributed by atoms with van der Waals surface area (Å²) < 4.78 is 2.44. The molecule has 0 saturated carbocycles. The van der Waals surface area contributed by atoms with Crippen LogP contribution >= 0.6 is 0 Å². The van der Waals surface area contributed by atoms with Gasteiger partial charge in [-0.25, -0.2) is 0 Å². The molecule has 3 rings (SSSR count). The van der Waals surface area contributed by atoms with Gasteiger partial charge in [-0.05, 0) is 25.0 Å². The van der Waals surface area contributed by atoms with Crippen LogP contribution in [0.1, 0.15) is 37.1 Å². The van der Waals surface area contributed by atoms with E-state index in [9.17, 15) is 0 Å². The van der Waals surface area contributed by atoms with Gasteiger partial charge in [-0.3, -0.25) is 14.4 Å². The predicted octanol–water partition coefficient (Wildman–Crippen LogP) is 0.759. The second-order valence-corrected chi connectivity index (χ2v) is 6.41. The van der Waals surface area contributed by atoms with Gasteiger partial charge in [0.1, 0.15) is 12.1 Å². The minimum absolute atomic E-state index is 0. The molecule has 25 heavy (non-hydrogen) atoms. The zero-order valence-corrected chi connectivity index (χ0v) is 16.3. The van der Waals surface area contributed by atoms with E-state index in [1.807, 2.05) is 0 Å². The molecule has 2 aromatic carbocycles. The lowest BCUT2D eigenvalue weighted by Gasteiger charge is -2.21. The maximum atomic E-state index is 2.44. The van der Waals surface area contributed by atoms with Crippen LogP contribution in [0.2, 0.25) is 0 Å². The van der Waals surface area contributed by atoms with Gasteiger partial charge in [0.15, 0.2) is 0 Å². The number of hydrogen-bond donors (Lipinski definition) is 0. The maximum absolute atomic E-state index is 2.44. The minimum Gasteiger partial charge on any atom is -1.00 e. The fourth-order valence-electron chi connectivity index (χ4n) is 3.99. The molecule has 0 unspecified atom stereocenters. The second-order valence-electron chi connectivity index (χ2n) is 6.41. The summed E-state index contributed by atoms with van der Waals surface area (Å²) in [6.07, 6.45) is 0. The van der Waals surface area contributed by atoms with Gasteiger partial charge in [0, 0.05) is 0 Å². The quantitative estimate of drug-likeness (QED) is 0.747. The van der Waals surface area contributed by atoms with Crippen LogP contribution in [-0.2, 0) is 0 Å². The Morgan fingerprint density at radius 2 is 1.08 bits per heavy atom. The average molecular weight is 358 g/mol. The van der Waals surface area contributed by atoms with Gasteiger partial charge in [-0.2, -0.15) is 0 Å². The molecule has 0 radical (unpaired) electrons. The normalized spacial score (nSPS) is 19.8. The van der Waals surface area contributed by atoms with Crippen LogP contribution in [0, 0.1) is 0 Å². The van der Waals surface area contributed by atoms with Crippen LogP contribution in [-0.4, -0.2) is 47.5 Å². The average Bonchev–Trinajstić information content (AvgIpc) is 2.89. The van der Waals surface area contributed by atoms with Gasteiger partial charge in [0.2, 0.25) is 0 Å². The molecule has 4 heteroatoms. The minimum atomic E-state index is 0. The largest absolute Gasteiger partial charge is 1.00 e. The molecule has 0 aliphatic carbocycles. The third kappa shape index (κ3) is 3.52. The summed E-state index contributed by atoms with van der Waals surface area (Å²) in [6.45, 7) is 6.49. The molecule has 0 N–H and O–H groups in total. The van der Waals surface area contributed by atoms with Crippen molar-refractivity contribution < 1.29 is 17.0 Å². The van der Waals surface area contributed by atoms with Gasteiger partial charge in [0.25, 0.3) is 0 Å². The highest BCUT2D eigenvalue weighted by Crippen LogP contribution is 2.43. The summed E-state index contributed by atoms with van der Waals surface area (Å²) in [5.41, 5.74) is 2.73. The number of benzene rings is 2. The second kappa shape index (κ2) is 8.39. The zero-order chi connectivity index (χ0) is 17.1. The molecule has 1 aliphatic rings. The Labute approximate surface area is 158 Å². The van der Waals surface area contributed by atoms with Crippen LogP contribution in [0.15, 0.2) is 60.7 Å². The van der Waals surface area contributed by atoms with Crippen molar-refractivity contribution in [3.05, 3.63) is 71.8 Å². The third-order valence-corrected chi connectivity index (χ3v) is 5.09. The molecule has 134 valence electrons. The van der Waals surface area contributed by atoms with Gasteiger partial charge in [-0.15, -0.1) is 0 Å². The Morgan fingerprint density at radius 3 is 1.40 bits per heavy atom. The fraction of sp³-hybridized carbons (Fsp3) is 0.381. The van der Waals surface area contributed by atoms with Crippen molar-refractivity contribution in [2.75, 3.05) is 27.2 Å². The van der Waals surface area contributed by atoms with E-state index in [4.69, 9.17) is 0 Å². The number of guanidine groups is 1. The molecule has 1 saturated heterocycles. The summed E-state index contributed by atoms with van der Waals surface area (Å²) in [6, 6.07) is 22.4. The number of halogens is 1. The molecule has 0 aromatic heterocycles. The van der Waals surface area contributed by atoms with Crippen molar-refractivity contribution in [2.24, 2.45) is 0 Å². The van der Waals surface area contributed by atoms with Gasteiger partial charge in [0.05, 0.1) is 27.2 Å². The molecule has 0 amide bonds. The van der Waals surface area contributed by atoms with E-state index < -0.39 is 0 Å². The SMILES string of the molecule is CC[N+](CC)=C1N(C)[C@@H](c2ccccc2)[C@H](c2ccccc2)N1C.[Cl-]. The molecule has 0 bridgehead atoms. The molecule has 2 atom stereocenters. The Kier molecular flexibility index (Phi) is 6.49. The van der Waals surface area contributed by atoms with Crippen molar-refractivity contribution in [1.29, 1.82) is 0 Å². The first-order chi connectivity index (χ1) is 11.7. The lowest BCUT2D eigenvalue weighted by Crippen LogP contribution is -3.00. The molecular weight excluding hydrogens is 330 g/mol. The summed E-state index contributed by atoms with van der Waals surface area (Å²) in [4.78, 5) is 4.89. The molecule has 1 heterocycles. The molecule has 0 spiro atoms. The van der Waals surface area contributed by atoms with Gasteiger partial charge in [-0.1, -0.05) is 60.7 Å². The lowest BCUT2D eigenvalue weighted by atomic mass is 9.93. The smallest absolute Gasteiger partial charge is 0.351 e. The number of nitrogens with zero attached hydrogens (tertiary/aromatic N) is 3. The van der Waals surface area contributed by atoms with Crippen molar-refractivity contribution in [2.45, 2.75) is 25.9 Å². The standard InChI is InChI=1S/C21H28N3.ClH/c1-5-24(6-2)21-22(3)19(17-13-9-7-10-14-17)20(23(21)4)18-15-11-8-12-16-18;/h7-16,19-20H,5-6H2,1-4H3;1H/q+1;/p-1/t19-,20-;/m0./s1. The summed E-state index contributed by atoms with van der Waals surface area (Å²) in [5.74, 6) is 1.31. The number of rotatable bonds is 4. The Balaban J connectivity index is 0.00000225. The summed E-state index contributed by atoms with van der Waals surface area (Å²) in [5, 5.41) is 0. The predicted molar refractivity (Wildman–Crippen MR) is 100 cm³/mol. The Bertz CT molecular complexity index is 640. The van der Waals surface area contributed by atoms with Crippen LogP contribution < -0.4 is 12.4 Å². The third-order valence-electron chi connectivity index (χ3n) is 5.09. The molecule has 1 fully saturated rings. The van der Waals surface area contributed by atoms with Gasteiger partial charge >= 0.3 is 5.96 Å². The highest BCUT2D eigenvalue weighted by Gasteiger charge is 2.49. The fourth-order valence-corrected chi connectivity index (χ4v) is 3.99. The summed E-state index contributed by atoms with van der Waals surface area (Å²) >= 11 is 0. The number of likely N-dealkylation sites (N-methyl/N-ethyl adjacent to an activating group) is 2. The first-order valence-corrected chi connectivity index (χ1v) is 8.86. The van der Waals surface area contributed by atoms with Crippen molar-refractivity contribution in [3.63, 3.8) is 0 Å². The van der Waals surface area contributed by atoms with E-state index in [0.717, 1.165) is 13.1 Å². The van der Waals surface area contributed by atoms with E-state index >= 15 is 0 Å². The Morgan fingerprint density at radius 1 is 0.720 bits per heavy atom. The van der Waals surface area contributed by atoms with Crippen molar-refractivity contribution in [3.8, 4) is 0 Å². The van der Waals surface area contributed by atoms with Crippen molar-refractivity contribution >= 4 is 5.96 Å². The monoisotopic (exact) mass is 357 g/mol.